The van der Waals surface area contributed by atoms with Crippen molar-refractivity contribution in [3.8, 4) is 11.5 Å². The molecule has 2 aromatic carbocycles. The number of carbonyl (C=O) groups is 1. The van der Waals surface area contributed by atoms with E-state index in [-0.39, 0.29) is 17.2 Å². The molecule has 1 N–H and O–H groups in total. The summed E-state index contributed by atoms with van der Waals surface area (Å²) in [7, 11) is 0. The van der Waals surface area contributed by atoms with Gasteiger partial charge in [0.15, 0.2) is 16.7 Å². The Bertz CT molecular complexity index is 1190. The summed E-state index contributed by atoms with van der Waals surface area (Å²) in [5.74, 6) is 1.07. The summed E-state index contributed by atoms with van der Waals surface area (Å²) in [6, 6.07) is 10.6. The maximum Gasteiger partial charge on any atom is 0.262 e. The van der Waals surface area contributed by atoms with Gasteiger partial charge in [-0.25, -0.2) is 4.98 Å². The van der Waals surface area contributed by atoms with E-state index in [2.05, 4.69) is 32.8 Å². The number of aromatic nitrogens is 2. The first-order valence-corrected chi connectivity index (χ1v) is 11.0. The SMILES string of the molecule is C=CCn1c(SCC(=O)Nc2cc3c(cc2Br)OCCO3)nc2ccccc2c1=O. The van der Waals surface area contributed by atoms with Crippen LogP contribution in [0.15, 0.2) is 63.5 Å². The number of halogens is 1. The highest BCUT2D eigenvalue weighted by Gasteiger charge is 2.17. The normalized spacial score (nSPS) is 12.6. The Morgan fingerprint density at radius 3 is 2.77 bits per heavy atom. The number of anilines is 1. The number of nitrogens with one attached hydrogen (secondary N) is 1. The van der Waals surface area contributed by atoms with Crippen molar-refractivity contribution in [1.29, 1.82) is 0 Å². The predicted octanol–water partition coefficient (Wildman–Crippen LogP) is 3.85. The predicted molar refractivity (Wildman–Crippen MR) is 121 cm³/mol. The van der Waals surface area contributed by atoms with Gasteiger partial charge >= 0.3 is 0 Å². The van der Waals surface area contributed by atoms with Gasteiger partial charge in [0.05, 0.1) is 22.3 Å². The molecule has 0 fully saturated rings. The van der Waals surface area contributed by atoms with Crippen LogP contribution < -0.4 is 20.3 Å². The van der Waals surface area contributed by atoms with Crippen LogP contribution in [0.4, 0.5) is 5.69 Å². The first-order valence-electron chi connectivity index (χ1n) is 9.19. The van der Waals surface area contributed by atoms with E-state index in [9.17, 15) is 9.59 Å². The Morgan fingerprint density at radius 1 is 1.27 bits per heavy atom. The summed E-state index contributed by atoms with van der Waals surface area (Å²) in [6.45, 7) is 4.98. The van der Waals surface area contributed by atoms with E-state index in [4.69, 9.17) is 9.47 Å². The number of ether oxygens (including phenoxy) is 2. The van der Waals surface area contributed by atoms with Crippen molar-refractivity contribution in [3.05, 3.63) is 63.9 Å². The van der Waals surface area contributed by atoms with Gasteiger partial charge < -0.3 is 14.8 Å². The van der Waals surface area contributed by atoms with Gasteiger partial charge in [-0.2, -0.15) is 0 Å². The topological polar surface area (TPSA) is 82.5 Å². The number of para-hydroxylation sites is 1. The fourth-order valence-corrected chi connectivity index (χ4v) is 4.25. The van der Waals surface area contributed by atoms with Gasteiger partial charge in [0.25, 0.3) is 5.56 Å². The molecule has 0 radical (unpaired) electrons. The van der Waals surface area contributed by atoms with E-state index in [0.717, 1.165) is 0 Å². The van der Waals surface area contributed by atoms with Gasteiger partial charge in [0, 0.05) is 23.2 Å². The second-order valence-corrected chi connectivity index (χ2v) is 8.23. The lowest BCUT2D eigenvalue weighted by atomic mass is 10.2. The van der Waals surface area contributed by atoms with Crippen molar-refractivity contribution in [2.75, 3.05) is 24.3 Å². The second-order valence-electron chi connectivity index (χ2n) is 6.43. The number of benzene rings is 2. The number of rotatable bonds is 6. The van der Waals surface area contributed by atoms with Crippen LogP contribution >= 0.6 is 27.7 Å². The summed E-state index contributed by atoms with van der Waals surface area (Å²) in [5, 5.41) is 3.86. The molecule has 0 unspecified atom stereocenters. The molecule has 0 saturated heterocycles. The smallest absolute Gasteiger partial charge is 0.262 e. The molecule has 0 aliphatic carbocycles. The number of thioether (sulfide) groups is 1. The third kappa shape index (κ3) is 4.22. The lowest BCUT2D eigenvalue weighted by Crippen LogP contribution is -2.24. The van der Waals surface area contributed by atoms with Crippen molar-refractivity contribution in [1.82, 2.24) is 9.55 Å². The molecule has 1 amide bonds. The summed E-state index contributed by atoms with van der Waals surface area (Å²) in [4.78, 5) is 29.9. The first kappa shape index (κ1) is 20.5. The van der Waals surface area contributed by atoms with Crippen molar-refractivity contribution < 1.29 is 14.3 Å². The summed E-state index contributed by atoms with van der Waals surface area (Å²) in [5.41, 5.74) is 1.03. The van der Waals surface area contributed by atoms with Crippen molar-refractivity contribution in [2.24, 2.45) is 0 Å². The minimum Gasteiger partial charge on any atom is -0.486 e. The zero-order valence-electron chi connectivity index (χ0n) is 15.9. The quantitative estimate of drug-likeness (QED) is 0.323. The Hall–Kier alpha value is -2.78. The number of carbonyl (C=O) groups excluding carboxylic acids is 1. The van der Waals surface area contributed by atoms with E-state index < -0.39 is 0 Å². The standard InChI is InChI=1S/C21H18BrN3O4S/c1-2-7-25-20(27)13-5-3-4-6-15(13)24-21(25)30-12-19(26)23-16-11-18-17(10-14(16)22)28-8-9-29-18/h2-6,10-11H,1,7-9,12H2,(H,23,26). The van der Waals surface area contributed by atoms with Crippen LogP contribution in [0.25, 0.3) is 10.9 Å². The molecule has 30 heavy (non-hydrogen) atoms. The molecular formula is C21H18BrN3O4S. The molecule has 1 aromatic heterocycles. The summed E-state index contributed by atoms with van der Waals surface area (Å²) in [6.07, 6.45) is 1.63. The number of amides is 1. The molecule has 1 aliphatic rings. The number of hydrogen-bond acceptors (Lipinski definition) is 6. The Labute approximate surface area is 185 Å². The zero-order valence-corrected chi connectivity index (χ0v) is 18.3. The van der Waals surface area contributed by atoms with Gasteiger partial charge in [-0.05, 0) is 28.1 Å². The van der Waals surface area contributed by atoms with Crippen molar-refractivity contribution in [2.45, 2.75) is 11.7 Å². The van der Waals surface area contributed by atoms with Crippen LogP contribution in [-0.2, 0) is 11.3 Å². The van der Waals surface area contributed by atoms with Crippen LogP contribution in [0.2, 0.25) is 0 Å². The van der Waals surface area contributed by atoms with E-state index >= 15 is 0 Å². The largest absolute Gasteiger partial charge is 0.486 e. The Balaban J connectivity index is 1.53. The zero-order chi connectivity index (χ0) is 21.1. The van der Waals surface area contributed by atoms with Gasteiger partial charge in [-0.3, -0.25) is 14.2 Å². The molecule has 3 aromatic rings. The molecule has 4 rings (SSSR count). The molecule has 2 heterocycles. The minimum absolute atomic E-state index is 0.0861. The van der Waals surface area contributed by atoms with Gasteiger partial charge in [0.2, 0.25) is 5.91 Å². The highest BCUT2D eigenvalue weighted by Crippen LogP contribution is 2.38. The van der Waals surface area contributed by atoms with E-state index in [1.54, 1.807) is 36.4 Å². The van der Waals surface area contributed by atoms with Crippen LogP contribution in [0, 0.1) is 0 Å². The molecular weight excluding hydrogens is 470 g/mol. The van der Waals surface area contributed by atoms with Crippen molar-refractivity contribution >= 4 is 50.2 Å². The highest BCUT2D eigenvalue weighted by molar-refractivity contribution is 9.10. The number of nitrogens with zero attached hydrogens (tertiary/aromatic N) is 2. The Morgan fingerprint density at radius 2 is 2.00 bits per heavy atom. The molecule has 1 aliphatic heterocycles. The van der Waals surface area contributed by atoms with Gasteiger partial charge in [0.1, 0.15) is 13.2 Å². The second kappa shape index (κ2) is 8.93. The monoisotopic (exact) mass is 487 g/mol. The van der Waals surface area contributed by atoms with Gasteiger partial charge in [-0.1, -0.05) is 30.0 Å². The van der Waals surface area contributed by atoms with E-state index in [1.807, 2.05) is 6.07 Å². The third-order valence-electron chi connectivity index (χ3n) is 4.38. The van der Waals surface area contributed by atoms with Crippen LogP contribution in [-0.4, -0.2) is 34.4 Å². The van der Waals surface area contributed by atoms with Crippen LogP contribution in [0.5, 0.6) is 11.5 Å². The molecule has 0 bridgehead atoms. The lowest BCUT2D eigenvalue weighted by Gasteiger charge is -2.20. The molecule has 9 heteroatoms. The fraction of sp³-hybridized carbons (Fsp3) is 0.190. The molecule has 0 atom stereocenters. The lowest BCUT2D eigenvalue weighted by molar-refractivity contribution is -0.113. The van der Waals surface area contributed by atoms with E-state index in [1.165, 1.54) is 16.3 Å². The molecule has 0 spiro atoms. The molecule has 0 saturated carbocycles. The highest BCUT2D eigenvalue weighted by atomic mass is 79.9. The Kier molecular flexibility index (Phi) is 6.10. The maximum absolute atomic E-state index is 12.8. The minimum atomic E-state index is -0.232. The fourth-order valence-electron chi connectivity index (χ4n) is 3.02. The molecule has 7 nitrogen and oxygen atoms in total. The van der Waals surface area contributed by atoms with E-state index in [0.29, 0.717) is 57.5 Å². The van der Waals surface area contributed by atoms with Gasteiger partial charge in [-0.15, -0.1) is 6.58 Å². The number of hydrogen-bond donors (Lipinski definition) is 1. The average Bonchev–Trinajstić information content (AvgIpc) is 2.75. The van der Waals surface area contributed by atoms with Crippen LogP contribution in [0.1, 0.15) is 0 Å². The first-order chi connectivity index (χ1) is 14.6. The van der Waals surface area contributed by atoms with Crippen molar-refractivity contribution in [3.63, 3.8) is 0 Å². The van der Waals surface area contributed by atoms with Crippen LogP contribution in [0.3, 0.4) is 0 Å². The third-order valence-corrected chi connectivity index (χ3v) is 6.01. The number of allylic oxidation sites excluding steroid dienone is 1. The number of fused-ring (bicyclic) bond motifs is 2. The average molecular weight is 488 g/mol. The molecule has 154 valence electrons. The summed E-state index contributed by atoms with van der Waals surface area (Å²) >= 11 is 4.64. The summed E-state index contributed by atoms with van der Waals surface area (Å²) < 4.78 is 13.3. The maximum atomic E-state index is 12.8.